The lowest BCUT2D eigenvalue weighted by atomic mass is 10.1. The minimum atomic E-state index is -0.626. The molecule has 0 fully saturated rings. The van der Waals surface area contributed by atoms with Gasteiger partial charge < -0.3 is 15.5 Å². The van der Waals surface area contributed by atoms with E-state index in [-0.39, 0.29) is 18.2 Å². The number of benzene rings is 1. The number of phenolic OH excluding ortho intramolecular Hbond substituents is 1. The van der Waals surface area contributed by atoms with Gasteiger partial charge in [0.15, 0.2) is 0 Å². The van der Waals surface area contributed by atoms with Crippen molar-refractivity contribution in [3.05, 3.63) is 59.9 Å². The number of aliphatic hydroxyl groups is 1. The van der Waals surface area contributed by atoms with Crippen LogP contribution in [0.4, 0.5) is 0 Å². The van der Waals surface area contributed by atoms with E-state index >= 15 is 0 Å². The molecule has 0 amide bonds. The highest BCUT2D eigenvalue weighted by Crippen LogP contribution is 2.17. The molecular formula is C14H17ClN2O2. The van der Waals surface area contributed by atoms with Crippen LogP contribution >= 0.6 is 12.4 Å². The van der Waals surface area contributed by atoms with Crippen LogP contribution in [0.2, 0.25) is 0 Å². The Morgan fingerprint density at radius 2 is 1.89 bits per heavy atom. The fourth-order valence-electron chi connectivity index (χ4n) is 1.70. The van der Waals surface area contributed by atoms with Gasteiger partial charge in [-0.15, -0.1) is 12.4 Å². The van der Waals surface area contributed by atoms with Crippen LogP contribution in [-0.2, 0) is 6.54 Å². The maximum absolute atomic E-state index is 9.94. The molecule has 19 heavy (non-hydrogen) atoms. The van der Waals surface area contributed by atoms with Crippen molar-refractivity contribution in [2.45, 2.75) is 12.6 Å². The molecule has 1 heterocycles. The van der Waals surface area contributed by atoms with Gasteiger partial charge in [0.2, 0.25) is 0 Å². The van der Waals surface area contributed by atoms with E-state index < -0.39 is 6.10 Å². The van der Waals surface area contributed by atoms with Gasteiger partial charge in [0, 0.05) is 25.5 Å². The Morgan fingerprint density at radius 3 is 2.58 bits per heavy atom. The van der Waals surface area contributed by atoms with Crippen molar-refractivity contribution in [1.29, 1.82) is 0 Å². The van der Waals surface area contributed by atoms with Crippen LogP contribution in [-0.4, -0.2) is 21.7 Å². The number of hydrogen-bond donors (Lipinski definition) is 3. The molecule has 0 spiro atoms. The van der Waals surface area contributed by atoms with E-state index in [2.05, 4.69) is 10.3 Å². The molecule has 1 unspecified atom stereocenters. The summed E-state index contributed by atoms with van der Waals surface area (Å²) in [7, 11) is 0. The lowest BCUT2D eigenvalue weighted by Gasteiger charge is -2.12. The second kappa shape index (κ2) is 7.74. The number of aromatic hydroxyl groups is 1. The van der Waals surface area contributed by atoms with Crippen molar-refractivity contribution < 1.29 is 10.2 Å². The standard InChI is InChI=1S/C14H16N2O2.ClH/c17-13-3-1-2-12(8-13)14(18)10-16-9-11-4-6-15-7-5-11;/h1-8,14,16-18H,9-10H2;1H. The summed E-state index contributed by atoms with van der Waals surface area (Å²) in [5.74, 6) is 0.167. The third kappa shape index (κ3) is 4.87. The molecule has 0 saturated carbocycles. The first kappa shape index (κ1) is 15.4. The van der Waals surface area contributed by atoms with Crippen LogP contribution in [0.25, 0.3) is 0 Å². The third-order valence-corrected chi connectivity index (χ3v) is 2.67. The van der Waals surface area contributed by atoms with E-state index in [9.17, 15) is 10.2 Å². The summed E-state index contributed by atoms with van der Waals surface area (Å²) in [6, 6.07) is 10.5. The van der Waals surface area contributed by atoms with Crippen molar-refractivity contribution >= 4 is 12.4 Å². The van der Waals surface area contributed by atoms with Crippen LogP contribution in [0, 0.1) is 0 Å². The van der Waals surface area contributed by atoms with E-state index in [0.29, 0.717) is 18.7 Å². The summed E-state index contributed by atoms with van der Waals surface area (Å²) in [5.41, 5.74) is 1.82. The molecule has 4 nitrogen and oxygen atoms in total. The van der Waals surface area contributed by atoms with Crippen molar-refractivity contribution in [3.8, 4) is 5.75 Å². The van der Waals surface area contributed by atoms with Crippen molar-refractivity contribution in [2.75, 3.05) is 6.54 Å². The summed E-state index contributed by atoms with van der Waals surface area (Å²) >= 11 is 0. The molecule has 2 aromatic rings. The molecule has 0 radical (unpaired) electrons. The number of hydrogen-bond acceptors (Lipinski definition) is 4. The van der Waals surface area contributed by atoms with E-state index in [1.807, 2.05) is 12.1 Å². The van der Waals surface area contributed by atoms with E-state index in [1.165, 1.54) is 0 Å². The first-order valence-corrected chi connectivity index (χ1v) is 5.82. The van der Waals surface area contributed by atoms with E-state index in [1.54, 1.807) is 36.7 Å². The molecule has 0 aliphatic heterocycles. The Kier molecular flexibility index (Phi) is 6.29. The summed E-state index contributed by atoms with van der Waals surface area (Å²) < 4.78 is 0. The Balaban J connectivity index is 0.00000180. The highest BCUT2D eigenvalue weighted by atomic mass is 35.5. The predicted molar refractivity (Wildman–Crippen MR) is 76.3 cm³/mol. The van der Waals surface area contributed by atoms with Crippen molar-refractivity contribution in [1.82, 2.24) is 10.3 Å². The van der Waals surface area contributed by atoms with Crippen LogP contribution in [0.5, 0.6) is 5.75 Å². The molecule has 5 heteroatoms. The summed E-state index contributed by atoms with van der Waals surface area (Å²) in [6.07, 6.45) is 2.85. The Labute approximate surface area is 118 Å². The van der Waals surface area contributed by atoms with Gasteiger partial charge in [0.1, 0.15) is 5.75 Å². The van der Waals surface area contributed by atoms with Gasteiger partial charge in [-0.2, -0.15) is 0 Å². The fourth-order valence-corrected chi connectivity index (χ4v) is 1.70. The third-order valence-electron chi connectivity index (χ3n) is 2.67. The Morgan fingerprint density at radius 1 is 1.16 bits per heavy atom. The lowest BCUT2D eigenvalue weighted by Crippen LogP contribution is -2.21. The number of halogens is 1. The number of aliphatic hydroxyl groups excluding tert-OH is 1. The quantitative estimate of drug-likeness (QED) is 0.784. The largest absolute Gasteiger partial charge is 0.508 e. The van der Waals surface area contributed by atoms with E-state index in [4.69, 9.17) is 0 Å². The molecule has 1 aromatic carbocycles. The zero-order valence-corrected chi connectivity index (χ0v) is 11.2. The molecule has 0 saturated heterocycles. The highest BCUT2D eigenvalue weighted by Gasteiger charge is 2.07. The zero-order chi connectivity index (χ0) is 12.8. The van der Waals surface area contributed by atoms with Crippen molar-refractivity contribution in [3.63, 3.8) is 0 Å². The second-order valence-corrected chi connectivity index (χ2v) is 4.10. The van der Waals surface area contributed by atoms with Crippen LogP contribution in [0.1, 0.15) is 17.2 Å². The number of nitrogens with one attached hydrogen (secondary N) is 1. The van der Waals surface area contributed by atoms with Gasteiger partial charge in [-0.3, -0.25) is 4.98 Å². The number of aromatic nitrogens is 1. The predicted octanol–water partition coefficient (Wildman–Crippen LogP) is 2.03. The summed E-state index contributed by atoms with van der Waals surface area (Å²) in [4.78, 5) is 3.94. The number of phenols is 1. The van der Waals surface area contributed by atoms with Gasteiger partial charge in [0.25, 0.3) is 0 Å². The van der Waals surface area contributed by atoms with Gasteiger partial charge in [-0.25, -0.2) is 0 Å². The number of rotatable bonds is 5. The minimum absolute atomic E-state index is 0. The Hall–Kier alpha value is -1.62. The topological polar surface area (TPSA) is 65.4 Å². The van der Waals surface area contributed by atoms with Gasteiger partial charge in [0.05, 0.1) is 6.10 Å². The average molecular weight is 281 g/mol. The molecule has 0 aliphatic carbocycles. The highest BCUT2D eigenvalue weighted by molar-refractivity contribution is 5.85. The Bertz CT molecular complexity index is 494. The molecule has 102 valence electrons. The average Bonchev–Trinajstić information content (AvgIpc) is 2.40. The summed E-state index contributed by atoms with van der Waals surface area (Å²) in [6.45, 7) is 1.12. The van der Waals surface area contributed by atoms with Gasteiger partial charge >= 0.3 is 0 Å². The molecule has 0 aliphatic rings. The van der Waals surface area contributed by atoms with Gasteiger partial charge in [-0.1, -0.05) is 12.1 Å². The van der Waals surface area contributed by atoms with Crippen LogP contribution in [0.15, 0.2) is 48.8 Å². The SMILES string of the molecule is Cl.Oc1cccc(C(O)CNCc2ccncc2)c1. The summed E-state index contributed by atoms with van der Waals surface area (Å²) in [5, 5.41) is 22.4. The molecule has 1 atom stereocenters. The van der Waals surface area contributed by atoms with Gasteiger partial charge in [-0.05, 0) is 35.4 Å². The lowest BCUT2D eigenvalue weighted by molar-refractivity contribution is 0.174. The maximum atomic E-state index is 9.94. The first-order chi connectivity index (χ1) is 8.75. The smallest absolute Gasteiger partial charge is 0.115 e. The van der Waals surface area contributed by atoms with Crippen molar-refractivity contribution in [2.24, 2.45) is 0 Å². The van der Waals surface area contributed by atoms with Crippen LogP contribution < -0.4 is 5.32 Å². The molecule has 1 aromatic heterocycles. The number of nitrogens with zero attached hydrogens (tertiary/aromatic N) is 1. The van der Waals surface area contributed by atoms with Crippen LogP contribution in [0.3, 0.4) is 0 Å². The molecule has 0 bridgehead atoms. The number of pyridine rings is 1. The first-order valence-electron chi connectivity index (χ1n) is 5.82. The maximum Gasteiger partial charge on any atom is 0.115 e. The molecule has 2 rings (SSSR count). The second-order valence-electron chi connectivity index (χ2n) is 4.10. The minimum Gasteiger partial charge on any atom is -0.508 e. The zero-order valence-electron chi connectivity index (χ0n) is 10.4. The van der Waals surface area contributed by atoms with E-state index in [0.717, 1.165) is 5.56 Å². The monoisotopic (exact) mass is 280 g/mol. The normalized spacial score (nSPS) is 11.6. The fraction of sp³-hybridized carbons (Fsp3) is 0.214. The molecule has 3 N–H and O–H groups in total. The molecular weight excluding hydrogens is 264 g/mol.